The van der Waals surface area contributed by atoms with E-state index in [1.54, 1.807) is 6.07 Å². The van der Waals surface area contributed by atoms with Gasteiger partial charge in [0.05, 0.1) is 0 Å². The van der Waals surface area contributed by atoms with Gasteiger partial charge in [0.15, 0.2) is 0 Å². The number of phenols is 1. The molecule has 0 bridgehead atoms. The van der Waals surface area contributed by atoms with Crippen molar-refractivity contribution in [2.45, 2.75) is 20.4 Å². The first kappa shape index (κ1) is 14.2. The second kappa shape index (κ2) is 5.85. The number of aromatic hydroxyl groups is 1. The highest BCUT2D eigenvalue weighted by molar-refractivity contribution is 9.10. The smallest absolute Gasteiger partial charge is 0.118 e. The molecule has 0 atom stereocenters. The molecule has 0 radical (unpaired) electrons. The van der Waals surface area contributed by atoms with E-state index in [4.69, 9.17) is 11.6 Å². The predicted octanol–water partition coefficient (Wildman–Crippen LogP) is 5.04. The number of hydrogen-bond acceptors (Lipinski definition) is 2. The first-order chi connectivity index (χ1) is 8.97. The minimum atomic E-state index is 0.323. The van der Waals surface area contributed by atoms with Crippen LogP contribution in [-0.4, -0.2) is 5.11 Å². The molecule has 0 saturated carbocycles. The quantitative estimate of drug-likeness (QED) is 0.767. The Morgan fingerprint density at radius 1 is 1.16 bits per heavy atom. The van der Waals surface area contributed by atoms with Gasteiger partial charge in [-0.1, -0.05) is 27.5 Å². The van der Waals surface area contributed by atoms with E-state index in [-0.39, 0.29) is 0 Å². The molecule has 2 N–H and O–H groups in total. The zero-order valence-corrected chi connectivity index (χ0v) is 13.1. The number of hydrogen-bond donors (Lipinski definition) is 2. The molecule has 0 heterocycles. The topological polar surface area (TPSA) is 32.3 Å². The Morgan fingerprint density at radius 2 is 1.89 bits per heavy atom. The summed E-state index contributed by atoms with van der Waals surface area (Å²) in [5.41, 5.74) is 3.90. The predicted molar refractivity (Wildman–Crippen MR) is 84.1 cm³/mol. The van der Waals surface area contributed by atoms with Crippen molar-refractivity contribution in [2.75, 3.05) is 5.32 Å². The average molecular weight is 341 g/mol. The number of aryl methyl sites for hydroxylation is 2. The van der Waals surface area contributed by atoms with Gasteiger partial charge in [-0.3, -0.25) is 0 Å². The average Bonchev–Trinajstić information content (AvgIpc) is 2.36. The highest BCUT2D eigenvalue weighted by Crippen LogP contribution is 2.27. The van der Waals surface area contributed by atoms with Gasteiger partial charge in [-0.05, 0) is 60.9 Å². The molecule has 0 aliphatic rings. The van der Waals surface area contributed by atoms with Crippen LogP contribution in [0.1, 0.15) is 16.7 Å². The lowest BCUT2D eigenvalue weighted by atomic mass is 10.1. The molecule has 0 spiro atoms. The van der Waals surface area contributed by atoms with Crippen molar-refractivity contribution in [1.29, 1.82) is 0 Å². The fourth-order valence-electron chi connectivity index (χ4n) is 1.86. The molecule has 0 aliphatic carbocycles. The third-order valence-corrected chi connectivity index (χ3v) is 3.88. The summed E-state index contributed by atoms with van der Waals surface area (Å²) in [5, 5.41) is 13.7. The van der Waals surface area contributed by atoms with Gasteiger partial charge in [0.2, 0.25) is 0 Å². The van der Waals surface area contributed by atoms with Gasteiger partial charge in [-0.2, -0.15) is 0 Å². The van der Waals surface area contributed by atoms with Gasteiger partial charge in [0.25, 0.3) is 0 Å². The molecule has 0 unspecified atom stereocenters. The Hall–Kier alpha value is -1.19. The molecule has 0 aliphatic heterocycles. The van der Waals surface area contributed by atoms with E-state index in [0.717, 1.165) is 31.9 Å². The van der Waals surface area contributed by atoms with Crippen molar-refractivity contribution in [2.24, 2.45) is 0 Å². The second-order valence-electron chi connectivity index (χ2n) is 4.54. The monoisotopic (exact) mass is 339 g/mol. The molecule has 2 rings (SSSR count). The van der Waals surface area contributed by atoms with Crippen molar-refractivity contribution < 1.29 is 5.11 Å². The molecule has 100 valence electrons. The van der Waals surface area contributed by atoms with Crippen LogP contribution < -0.4 is 5.32 Å². The maximum absolute atomic E-state index is 9.64. The molecular weight excluding hydrogens is 326 g/mol. The molecule has 0 amide bonds. The van der Waals surface area contributed by atoms with E-state index in [1.165, 1.54) is 0 Å². The van der Waals surface area contributed by atoms with E-state index in [2.05, 4.69) is 21.2 Å². The Bertz CT molecular complexity index is 613. The van der Waals surface area contributed by atoms with Crippen molar-refractivity contribution in [1.82, 2.24) is 0 Å². The van der Waals surface area contributed by atoms with Crippen molar-refractivity contribution in [3.8, 4) is 5.75 Å². The van der Waals surface area contributed by atoms with Gasteiger partial charge < -0.3 is 10.4 Å². The number of halogens is 2. The molecule has 0 aromatic heterocycles. The van der Waals surface area contributed by atoms with Gasteiger partial charge in [-0.25, -0.2) is 0 Å². The summed E-state index contributed by atoms with van der Waals surface area (Å²) in [4.78, 5) is 0. The molecular formula is C15H15BrClNO. The van der Waals surface area contributed by atoms with Gasteiger partial charge in [-0.15, -0.1) is 0 Å². The highest BCUT2D eigenvalue weighted by Gasteiger charge is 2.05. The summed E-state index contributed by atoms with van der Waals surface area (Å²) < 4.78 is 1.01. The fourth-order valence-corrected chi connectivity index (χ4v) is 2.45. The van der Waals surface area contributed by atoms with Crippen LogP contribution in [0.3, 0.4) is 0 Å². The van der Waals surface area contributed by atoms with Gasteiger partial charge in [0, 0.05) is 21.7 Å². The standard InChI is InChI=1S/C15H15BrClNO/c1-9-6-15(19)10(2)5-14(9)18-8-11-7-12(16)3-4-13(11)17/h3-7,18-19H,8H2,1-2H3. The van der Waals surface area contributed by atoms with Crippen LogP contribution in [0.15, 0.2) is 34.8 Å². The minimum Gasteiger partial charge on any atom is -0.508 e. The molecule has 2 aromatic carbocycles. The zero-order valence-electron chi connectivity index (χ0n) is 10.8. The van der Waals surface area contributed by atoms with Crippen LogP contribution in [0, 0.1) is 13.8 Å². The number of rotatable bonds is 3. The van der Waals surface area contributed by atoms with E-state index in [1.807, 2.05) is 38.1 Å². The first-order valence-electron chi connectivity index (χ1n) is 5.95. The zero-order chi connectivity index (χ0) is 14.0. The summed E-state index contributed by atoms with van der Waals surface area (Å²) in [6.07, 6.45) is 0. The van der Waals surface area contributed by atoms with Crippen LogP contribution in [0.2, 0.25) is 5.02 Å². The molecule has 2 nitrogen and oxygen atoms in total. The molecule has 0 fully saturated rings. The number of phenolic OH excluding ortho intramolecular Hbond substituents is 1. The number of anilines is 1. The van der Waals surface area contributed by atoms with E-state index in [0.29, 0.717) is 12.3 Å². The number of benzene rings is 2. The van der Waals surface area contributed by atoms with Crippen molar-refractivity contribution in [3.05, 3.63) is 56.5 Å². The van der Waals surface area contributed by atoms with Crippen LogP contribution >= 0.6 is 27.5 Å². The van der Waals surface area contributed by atoms with Gasteiger partial charge >= 0.3 is 0 Å². The minimum absolute atomic E-state index is 0.323. The Balaban J connectivity index is 2.19. The largest absolute Gasteiger partial charge is 0.508 e. The maximum atomic E-state index is 9.64. The summed E-state index contributed by atoms with van der Waals surface area (Å²) in [6, 6.07) is 9.49. The lowest BCUT2D eigenvalue weighted by Crippen LogP contribution is -2.02. The summed E-state index contributed by atoms with van der Waals surface area (Å²) >= 11 is 9.60. The lowest BCUT2D eigenvalue weighted by Gasteiger charge is -2.13. The molecule has 2 aromatic rings. The van der Waals surface area contributed by atoms with E-state index in [9.17, 15) is 5.11 Å². The van der Waals surface area contributed by atoms with Crippen LogP contribution in [0.4, 0.5) is 5.69 Å². The van der Waals surface area contributed by atoms with Gasteiger partial charge in [0.1, 0.15) is 5.75 Å². The van der Waals surface area contributed by atoms with Crippen molar-refractivity contribution >= 4 is 33.2 Å². The second-order valence-corrected chi connectivity index (χ2v) is 5.87. The van der Waals surface area contributed by atoms with Crippen LogP contribution in [-0.2, 0) is 6.54 Å². The number of nitrogens with one attached hydrogen (secondary N) is 1. The first-order valence-corrected chi connectivity index (χ1v) is 7.12. The Labute approximate surface area is 126 Å². The summed E-state index contributed by atoms with van der Waals surface area (Å²) in [7, 11) is 0. The van der Waals surface area contributed by atoms with E-state index < -0.39 is 0 Å². The van der Waals surface area contributed by atoms with E-state index >= 15 is 0 Å². The molecule has 4 heteroatoms. The lowest BCUT2D eigenvalue weighted by molar-refractivity contribution is 0.471. The molecule has 0 saturated heterocycles. The summed E-state index contributed by atoms with van der Waals surface area (Å²) in [6.45, 7) is 4.49. The third-order valence-electron chi connectivity index (χ3n) is 3.02. The van der Waals surface area contributed by atoms with Crippen LogP contribution in [0.25, 0.3) is 0 Å². The summed E-state index contributed by atoms with van der Waals surface area (Å²) in [5.74, 6) is 0.323. The van der Waals surface area contributed by atoms with Crippen molar-refractivity contribution in [3.63, 3.8) is 0 Å². The van der Waals surface area contributed by atoms with Crippen LogP contribution in [0.5, 0.6) is 5.75 Å². The third kappa shape index (κ3) is 3.43. The fraction of sp³-hybridized carbons (Fsp3) is 0.200. The molecule has 19 heavy (non-hydrogen) atoms. The SMILES string of the molecule is Cc1cc(NCc2cc(Br)ccc2Cl)c(C)cc1O. The Kier molecular flexibility index (Phi) is 4.38. The normalized spacial score (nSPS) is 10.5. The highest BCUT2D eigenvalue weighted by atomic mass is 79.9. The maximum Gasteiger partial charge on any atom is 0.118 e. The Morgan fingerprint density at radius 3 is 2.63 bits per heavy atom.